The van der Waals surface area contributed by atoms with Crippen molar-refractivity contribution in [3.63, 3.8) is 0 Å². The lowest BCUT2D eigenvalue weighted by molar-refractivity contribution is 0.0860. The summed E-state index contributed by atoms with van der Waals surface area (Å²) in [6.45, 7) is 5.40. The van der Waals surface area contributed by atoms with Crippen LogP contribution in [0.3, 0.4) is 0 Å². The average molecular weight is 290 g/mol. The average Bonchev–Trinajstić information content (AvgIpc) is 2.48. The summed E-state index contributed by atoms with van der Waals surface area (Å²) in [5.41, 5.74) is 1.75. The number of amides is 2. The number of carbonyl (C=O) groups excluding carboxylic acids is 2. The predicted octanol–water partition coefficient (Wildman–Crippen LogP) is 2.35. The topological polar surface area (TPSA) is 58.6 Å². The third-order valence-corrected chi connectivity index (χ3v) is 3.64. The fourth-order valence-electron chi connectivity index (χ4n) is 2.48. The highest BCUT2D eigenvalue weighted by atomic mass is 16.6. The number of hydrogen-bond donors (Lipinski definition) is 1. The lowest BCUT2D eigenvalue weighted by Crippen LogP contribution is -2.46. The Balaban J connectivity index is 1.83. The molecule has 1 aromatic rings. The van der Waals surface area contributed by atoms with Crippen LogP contribution < -0.4 is 5.32 Å². The van der Waals surface area contributed by atoms with E-state index in [0.717, 1.165) is 18.4 Å². The number of aryl methyl sites for hydroxylation is 1. The van der Waals surface area contributed by atoms with E-state index in [2.05, 4.69) is 5.32 Å². The summed E-state index contributed by atoms with van der Waals surface area (Å²) in [7, 11) is 0. The zero-order chi connectivity index (χ0) is 15.2. The summed E-state index contributed by atoms with van der Waals surface area (Å²) < 4.78 is 4.98. The smallest absolute Gasteiger partial charge is 0.409 e. The summed E-state index contributed by atoms with van der Waals surface area (Å²) in [5, 5.41) is 3.04. The van der Waals surface area contributed by atoms with E-state index in [0.29, 0.717) is 25.3 Å². The molecule has 0 bridgehead atoms. The minimum atomic E-state index is -0.263. The molecule has 0 atom stereocenters. The van der Waals surface area contributed by atoms with Gasteiger partial charge in [-0.05, 0) is 38.8 Å². The third-order valence-electron chi connectivity index (χ3n) is 3.64. The highest BCUT2D eigenvalue weighted by Gasteiger charge is 2.24. The maximum atomic E-state index is 12.2. The van der Waals surface area contributed by atoms with Gasteiger partial charge in [0.05, 0.1) is 6.61 Å². The van der Waals surface area contributed by atoms with E-state index in [9.17, 15) is 9.59 Å². The van der Waals surface area contributed by atoms with Crippen LogP contribution >= 0.6 is 0 Å². The first-order chi connectivity index (χ1) is 10.1. The molecule has 2 rings (SSSR count). The van der Waals surface area contributed by atoms with Crippen molar-refractivity contribution in [1.29, 1.82) is 0 Å². The summed E-state index contributed by atoms with van der Waals surface area (Å²) in [4.78, 5) is 25.5. The highest BCUT2D eigenvalue weighted by Crippen LogP contribution is 2.13. The van der Waals surface area contributed by atoms with Crippen molar-refractivity contribution in [1.82, 2.24) is 10.2 Å². The van der Waals surface area contributed by atoms with Crippen LogP contribution in [-0.4, -0.2) is 42.6 Å². The van der Waals surface area contributed by atoms with Crippen LogP contribution in [0.25, 0.3) is 0 Å². The number of nitrogens with zero attached hydrogens (tertiary/aromatic N) is 1. The Kier molecular flexibility index (Phi) is 5.20. The molecule has 1 aromatic carbocycles. The molecule has 0 aliphatic carbocycles. The molecule has 0 unspecified atom stereocenters. The molecule has 1 fully saturated rings. The number of carbonyl (C=O) groups is 2. The van der Waals surface area contributed by atoms with Crippen molar-refractivity contribution in [2.45, 2.75) is 32.7 Å². The van der Waals surface area contributed by atoms with E-state index in [1.54, 1.807) is 11.8 Å². The summed E-state index contributed by atoms with van der Waals surface area (Å²) in [5.74, 6) is -0.0479. The SMILES string of the molecule is CCOC(=O)N1CCC(NC(=O)c2cccc(C)c2)CC1. The molecule has 1 saturated heterocycles. The van der Waals surface area contributed by atoms with E-state index in [1.165, 1.54) is 0 Å². The van der Waals surface area contributed by atoms with Gasteiger partial charge in [0, 0.05) is 24.7 Å². The van der Waals surface area contributed by atoms with E-state index < -0.39 is 0 Å². The second-order valence-electron chi connectivity index (χ2n) is 5.30. The van der Waals surface area contributed by atoms with Gasteiger partial charge in [0.25, 0.3) is 5.91 Å². The van der Waals surface area contributed by atoms with Crippen LogP contribution in [0.5, 0.6) is 0 Å². The molecule has 0 saturated carbocycles. The van der Waals surface area contributed by atoms with Crippen molar-refractivity contribution < 1.29 is 14.3 Å². The first-order valence-corrected chi connectivity index (χ1v) is 7.39. The quantitative estimate of drug-likeness (QED) is 0.929. The first-order valence-electron chi connectivity index (χ1n) is 7.39. The van der Waals surface area contributed by atoms with Gasteiger partial charge in [-0.25, -0.2) is 4.79 Å². The van der Waals surface area contributed by atoms with Gasteiger partial charge < -0.3 is 15.0 Å². The molecule has 2 amide bonds. The minimum Gasteiger partial charge on any atom is -0.450 e. The van der Waals surface area contributed by atoms with Crippen molar-refractivity contribution in [2.24, 2.45) is 0 Å². The molecule has 1 heterocycles. The molecule has 0 spiro atoms. The summed E-state index contributed by atoms with van der Waals surface area (Å²) >= 11 is 0. The third kappa shape index (κ3) is 4.21. The number of ether oxygens (including phenoxy) is 1. The fourth-order valence-corrected chi connectivity index (χ4v) is 2.48. The Bertz CT molecular complexity index is 508. The molecule has 1 aliphatic rings. The number of nitrogens with one attached hydrogen (secondary N) is 1. The van der Waals surface area contributed by atoms with Gasteiger partial charge in [-0.1, -0.05) is 17.7 Å². The molecular formula is C16H22N2O3. The zero-order valence-electron chi connectivity index (χ0n) is 12.6. The number of piperidine rings is 1. The minimum absolute atomic E-state index is 0.0479. The fraction of sp³-hybridized carbons (Fsp3) is 0.500. The van der Waals surface area contributed by atoms with Crippen molar-refractivity contribution in [3.8, 4) is 0 Å². The first kappa shape index (κ1) is 15.4. The maximum Gasteiger partial charge on any atom is 0.409 e. The Morgan fingerprint density at radius 1 is 1.33 bits per heavy atom. The maximum absolute atomic E-state index is 12.2. The molecule has 0 aromatic heterocycles. The lowest BCUT2D eigenvalue weighted by atomic mass is 10.0. The number of rotatable bonds is 3. The molecule has 1 aliphatic heterocycles. The Morgan fingerprint density at radius 3 is 2.67 bits per heavy atom. The van der Waals surface area contributed by atoms with Gasteiger partial charge >= 0.3 is 6.09 Å². The molecular weight excluding hydrogens is 268 g/mol. The highest BCUT2D eigenvalue weighted by molar-refractivity contribution is 5.94. The van der Waals surface area contributed by atoms with Crippen molar-refractivity contribution in [3.05, 3.63) is 35.4 Å². The Labute approximate surface area is 125 Å². The number of hydrogen-bond acceptors (Lipinski definition) is 3. The van der Waals surface area contributed by atoms with Gasteiger partial charge in [-0.2, -0.15) is 0 Å². The van der Waals surface area contributed by atoms with Crippen molar-refractivity contribution >= 4 is 12.0 Å². The van der Waals surface area contributed by atoms with Gasteiger partial charge in [0.2, 0.25) is 0 Å². The second-order valence-corrected chi connectivity index (χ2v) is 5.30. The molecule has 5 nitrogen and oxygen atoms in total. The second kappa shape index (κ2) is 7.11. The normalized spacial score (nSPS) is 15.6. The monoisotopic (exact) mass is 290 g/mol. The van der Waals surface area contributed by atoms with Crippen LogP contribution in [0, 0.1) is 6.92 Å². The Hall–Kier alpha value is -2.04. The Morgan fingerprint density at radius 2 is 2.05 bits per heavy atom. The lowest BCUT2D eigenvalue weighted by Gasteiger charge is -2.31. The molecule has 0 radical (unpaired) electrons. The van der Waals surface area contributed by atoms with E-state index >= 15 is 0 Å². The van der Waals surface area contributed by atoms with Crippen LogP contribution in [-0.2, 0) is 4.74 Å². The molecule has 1 N–H and O–H groups in total. The van der Waals surface area contributed by atoms with Crippen LogP contribution in [0.2, 0.25) is 0 Å². The van der Waals surface area contributed by atoms with Gasteiger partial charge in [0.15, 0.2) is 0 Å². The van der Waals surface area contributed by atoms with Crippen LogP contribution in [0.4, 0.5) is 4.79 Å². The standard InChI is InChI=1S/C16H22N2O3/c1-3-21-16(20)18-9-7-14(8-10-18)17-15(19)13-6-4-5-12(2)11-13/h4-6,11,14H,3,7-10H2,1-2H3,(H,17,19). The molecule has 5 heteroatoms. The van der Waals surface area contributed by atoms with Gasteiger partial charge in [-0.15, -0.1) is 0 Å². The van der Waals surface area contributed by atoms with E-state index in [1.807, 2.05) is 31.2 Å². The summed E-state index contributed by atoms with van der Waals surface area (Å²) in [6, 6.07) is 7.66. The predicted molar refractivity (Wildman–Crippen MR) is 80.3 cm³/mol. The van der Waals surface area contributed by atoms with E-state index in [4.69, 9.17) is 4.74 Å². The van der Waals surface area contributed by atoms with Gasteiger partial charge in [-0.3, -0.25) is 4.79 Å². The summed E-state index contributed by atoms with van der Waals surface area (Å²) in [6.07, 6.45) is 1.26. The molecule has 21 heavy (non-hydrogen) atoms. The van der Waals surface area contributed by atoms with Crippen LogP contribution in [0.1, 0.15) is 35.7 Å². The number of benzene rings is 1. The van der Waals surface area contributed by atoms with Gasteiger partial charge in [0.1, 0.15) is 0 Å². The largest absolute Gasteiger partial charge is 0.450 e. The zero-order valence-corrected chi connectivity index (χ0v) is 12.6. The molecule has 114 valence electrons. The van der Waals surface area contributed by atoms with Crippen molar-refractivity contribution in [2.75, 3.05) is 19.7 Å². The van der Waals surface area contributed by atoms with E-state index in [-0.39, 0.29) is 18.0 Å². The number of likely N-dealkylation sites (tertiary alicyclic amines) is 1. The van der Waals surface area contributed by atoms with Crippen LogP contribution in [0.15, 0.2) is 24.3 Å².